The number of ether oxygens (including phenoxy) is 3. The van der Waals surface area contributed by atoms with Crippen LogP contribution in [0.15, 0.2) is 34.8 Å². The SMILES string of the molecule is COc1ccc(C[C@H]2C(=O)N(C)c3ccc(Br)cc32)c(OC)c1OC. The molecule has 0 N–H and O–H groups in total. The van der Waals surface area contributed by atoms with E-state index in [1.807, 2.05) is 30.3 Å². The van der Waals surface area contributed by atoms with Crippen LogP contribution in [0.1, 0.15) is 17.0 Å². The number of carbonyl (C=O) groups excluding carboxylic acids is 1. The topological polar surface area (TPSA) is 48.0 Å². The number of anilines is 1. The third-order valence-corrected chi connectivity index (χ3v) is 5.06. The van der Waals surface area contributed by atoms with Crippen LogP contribution < -0.4 is 19.1 Å². The zero-order chi connectivity index (χ0) is 18.1. The Morgan fingerprint density at radius 2 is 1.76 bits per heavy atom. The number of fused-ring (bicyclic) bond motifs is 1. The van der Waals surface area contributed by atoms with Crippen LogP contribution in [0.25, 0.3) is 0 Å². The van der Waals surface area contributed by atoms with Crippen molar-refractivity contribution in [2.45, 2.75) is 12.3 Å². The Morgan fingerprint density at radius 3 is 2.40 bits per heavy atom. The van der Waals surface area contributed by atoms with Gasteiger partial charge >= 0.3 is 0 Å². The Bertz CT molecular complexity index is 821. The van der Waals surface area contributed by atoms with E-state index in [-0.39, 0.29) is 11.8 Å². The van der Waals surface area contributed by atoms with E-state index in [2.05, 4.69) is 15.9 Å². The van der Waals surface area contributed by atoms with Gasteiger partial charge in [-0.05, 0) is 41.8 Å². The van der Waals surface area contributed by atoms with Crippen LogP contribution in [0.4, 0.5) is 5.69 Å². The summed E-state index contributed by atoms with van der Waals surface area (Å²) in [4.78, 5) is 14.5. The molecule has 25 heavy (non-hydrogen) atoms. The van der Waals surface area contributed by atoms with Gasteiger partial charge in [0.25, 0.3) is 0 Å². The standard InChI is InChI=1S/C19H20BrNO4/c1-21-15-7-6-12(20)10-13(15)14(19(21)22)9-11-5-8-16(23-2)18(25-4)17(11)24-3/h5-8,10,14H,9H2,1-4H3/t14-/m1/s1. The van der Waals surface area contributed by atoms with Gasteiger partial charge in [-0.2, -0.15) is 0 Å². The Labute approximate surface area is 155 Å². The van der Waals surface area contributed by atoms with E-state index < -0.39 is 0 Å². The maximum atomic E-state index is 12.8. The monoisotopic (exact) mass is 405 g/mol. The number of halogens is 1. The van der Waals surface area contributed by atoms with Crippen molar-refractivity contribution in [1.82, 2.24) is 0 Å². The zero-order valence-electron chi connectivity index (χ0n) is 14.6. The number of carbonyl (C=O) groups is 1. The summed E-state index contributed by atoms with van der Waals surface area (Å²) in [7, 11) is 6.56. The van der Waals surface area contributed by atoms with Crippen molar-refractivity contribution in [2.24, 2.45) is 0 Å². The molecule has 0 unspecified atom stereocenters. The minimum absolute atomic E-state index is 0.0740. The highest BCUT2D eigenvalue weighted by molar-refractivity contribution is 9.10. The molecule has 0 fully saturated rings. The number of amides is 1. The molecule has 132 valence electrons. The molecular weight excluding hydrogens is 386 g/mol. The second kappa shape index (κ2) is 6.96. The number of hydrogen-bond donors (Lipinski definition) is 0. The average molecular weight is 406 g/mol. The largest absolute Gasteiger partial charge is 0.493 e. The van der Waals surface area contributed by atoms with E-state index >= 15 is 0 Å². The predicted molar refractivity (Wildman–Crippen MR) is 100 cm³/mol. The summed E-state index contributed by atoms with van der Waals surface area (Å²) in [6.45, 7) is 0. The molecule has 1 heterocycles. The van der Waals surface area contributed by atoms with Crippen molar-refractivity contribution in [3.8, 4) is 17.2 Å². The van der Waals surface area contributed by atoms with Crippen LogP contribution in [0.5, 0.6) is 17.2 Å². The van der Waals surface area contributed by atoms with Crippen LogP contribution >= 0.6 is 15.9 Å². The van der Waals surface area contributed by atoms with Crippen LogP contribution in [-0.2, 0) is 11.2 Å². The molecule has 1 atom stereocenters. The number of benzene rings is 2. The summed E-state index contributed by atoms with van der Waals surface area (Å²) in [5.41, 5.74) is 2.86. The lowest BCUT2D eigenvalue weighted by molar-refractivity contribution is -0.119. The fourth-order valence-corrected chi connectivity index (χ4v) is 3.72. The van der Waals surface area contributed by atoms with E-state index in [0.717, 1.165) is 21.3 Å². The van der Waals surface area contributed by atoms with E-state index in [1.54, 1.807) is 33.3 Å². The molecule has 0 aliphatic carbocycles. The lowest BCUT2D eigenvalue weighted by Gasteiger charge is -2.18. The maximum Gasteiger partial charge on any atom is 0.234 e. The van der Waals surface area contributed by atoms with E-state index in [1.165, 1.54) is 0 Å². The molecule has 0 saturated carbocycles. The third kappa shape index (κ3) is 2.95. The van der Waals surface area contributed by atoms with Gasteiger partial charge in [0.15, 0.2) is 11.5 Å². The average Bonchev–Trinajstić information content (AvgIpc) is 2.85. The quantitative estimate of drug-likeness (QED) is 0.759. The molecule has 0 saturated heterocycles. The third-order valence-electron chi connectivity index (χ3n) is 4.56. The normalized spacial score (nSPS) is 16.0. The minimum Gasteiger partial charge on any atom is -0.493 e. The highest BCUT2D eigenvalue weighted by atomic mass is 79.9. The first-order chi connectivity index (χ1) is 12.0. The second-order valence-corrected chi connectivity index (χ2v) is 6.77. The van der Waals surface area contributed by atoms with Gasteiger partial charge in [0, 0.05) is 17.2 Å². The van der Waals surface area contributed by atoms with Gasteiger partial charge in [-0.15, -0.1) is 0 Å². The Balaban J connectivity index is 2.04. The summed E-state index contributed by atoms with van der Waals surface area (Å²) < 4.78 is 17.3. The number of nitrogens with zero attached hydrogens (tertiary/aromatic N) is 1. The fourth-order valence-electron chi connectivity index (χ4n) is 3.34. The lowest BCUT2D eigenvalue weighted by atomic mass is 9.92. The van der Waals surface area contributed by atoms with Crippen molar-refractivity contribution in [1.29, 1.82) is 0 Å². The van der Waals surface area contributed by atoms with E-state index in [9.17, 15) is 4.79 Å². The van der Waals surface area contributed by atoms with Gasteiger partial charge in [0.1, 0.15) is 0 Å². The van der Waals surface area contributed by atoms with Crippen molar-refractivity contribution < 1.29 is 19.0 Å². The maximum absolute atomic E-state index is 12.8. The second-order valence-electron chi connectivity index (χ2n) is 5.85. The first-order valence-corrected chi connectivity index (χ1v) is 8.66. The summed E-state index contributed by atoms with van der Waals surface area (Å²) in [5.74, 6) is 1.55. The molecule has 1 aliphatic heterocycles. The molecule has 0 bridgehead atoms. The molecule has 3 rings (SSSR count). The van der Waals surface area contributed by atoms with Gasteiger partial charge < -0.3 is 19.1 Å². The number of rotatable bonds is 5. The van der Waals surface area contributed by atoms with Crippen LogP contribution in [0.2, 0.25) is 0 Å². The molecule has 1 amide bonds. The van der Waals surface area contributed by atoms with E-state index in [4.69, 9.17) is 14.2 Å². The van der Waals surface area contributed by atoms with E-state index in [0.29, 0.717) is 23.7 Å². The van der Waals surface area contributed by atoms with Crippen molar-refractivity contribution >= 4 is 27.5 Å². The predicted octanol–water partition coefficient (Wildman–Crippen LogP) is 3.78. The first-order valence-electron chi connectivity index (χ1n) is 7.86. The van der Waals surface area contributed by atoms with Crippen LogP contribution in [0, 0.1) is 0 Å². The van der Waals surface area contributed by atoms with Crippen molar-refractivity contribution in [3.63, 3.8) is 0 Å². The highest BCUT2D eigenvalue weighted by Crippen LogP contribution is 2.44. The number of likely N-dealkylation sites (N-methyl/N-ethyl adjacent to an activating group) is 1. The molecule has 2 aromatic carbocycles. The minimum atomic E-state index is -0.260. The number of hydrogen-bond acceptors (Lipinski definition) is 4. The van der Waals surface area contributed by atoms with Gasteiger partial charge in [-0.25, -0.2) is 0 Å². The first kappa shape index (κ1) is 17.6. The number of methoxy groups -OCH3 is 3. The van der Waals surface area contributed by atoms with Crippen molar-refractivity contribution in [3.05, 3.63) is 45.9 Å². The molecule has 5 nitrogen and oxygen atoms in total. The summed E-state index contributed by atoms with van der Waals surface area (Å²) in [6, 6.07) is 9.67. The molecule has 1 aliphatic rings. The van der Waals surface area contributed by atoms with Gasteiger partial charge in [0.2, 0.25) is 11.7 Å². The van der Waals surface area contributed by atoms with Crippen LogP contribution in [0.3, 0.4) is 0 Å². The summed E-state index contributed by atoms with van der Waals surface area (Å²) >= 11 is 3.50. The smallest absolute Gasteiger partial charge is 0.234 e. The van der Waals surface area contributed by atoms with Crippen molar-refractivity contribution in [2.75, 3.05) is 33.3 Å². The lowest BCUT2D eigenvalue weighted by Crippen LogP contribution is -2.25. The van der Waals surface area contributed by atoms with Gasteiger partial charge in [-0.3, -0.25) is 4.79 Å². The fraction of sp³-hybridized carbons (Fsp3) is 0.316. The Kier molecular flexibility index (Phi) is 4.90. The molecule has 0 spiro atoms. The molecule has 0 radical (unpaired) electrons. The molecule has 0 aromatic heterocycles. The van der Waals surface area contributed by atoms with Gasteiger partial charge in [0.05, 0.1) is 27.2 Å². The van der Waals surface area contributed by atoms with Gasteiger partial charge in [-0.1, -0.05) is 22.0 Å². The Hall–Kier alpha value is -2.21. The molecule has 6 heteroatoms. The molecular formula is C19H20BrNO4. The zero-order valence-corrected chi connectivity index (χ0v) is 16.2. The van der Waals surface area contributed by atoms with Crippen LogP contribution in [-0.4, -0.2) is 34.3 Å². The summed E-state index contributed by atoms with van der Waals surface area (Å²) in [6.07, 6.45) is 0.524. The summed E-state index contributed by atoms with van der Waals surface area (Å²) in [5, 5.41) is 0. The molecule has 2 aromatic rings. The highest BCUT2D eigenvalue weighted by Gasteiger charge is 2.36. The Morgan fingerprint density at radius 1 is 1.04 bits per heavy atom.